The first kappa shape index (κ1) is 42.5. The van der Waals surface area contributed by atoms with Crippen molar-refractivity contribution in [3.63, 3.8) is 0 Å². The van der Waals surface area contributed by atoms with Crippen LogP contribution in [0.5, 0.6) is 0 Å². The fourth-order valence-corrected chi connectivity index (χ4v) is 10.2. The molecule has 3 aliphatic carbocycles. The lowest BCUT2D eigenvalue weighted by atomic mass is 9.81. The molecule has 0 amide bonds. The van der Waals surface area contributed by atoms with Gasteiger partial charge in [0.25, 0.3) is 0 Å². The van der Waals surface area contributed by atoms with Crippen molar-refractivity contribution in [2.75, 3.05) is 13.1 Å². The molecule has 9 N–H and O–H groups in total. The highest BCUT2D eigenvalue weighted by Gasteiger charge is 2.46. The topological polar surface area (TPSA) is 160 Å². The van der Waals surface area contributed by atoms with Crippen LogP contribution < -0.4 is 21.5 Å². The number of carbonyl (C=O) groups excluding carboxylic acids is 1. The van der Waals surface area contributed by atoms with Crippen LogP contribution in [0.2, 0.25) is 0 Å². The smallest absolute Gasteiger partial charge is 0.137 e. The minimum atomic E-state index is -1.19. The number of aliphatic hydroxyl groups is 3. The first-order chi connectivity index (χ1) is 24.5. The number of aliphatic carboxylic acids is 1. The molecule has 0 radical (unpaired) electrons. The molecule has 2 saturated carbocycles. The maximum Gasteiger partial charge on any atom is 0.137 e. The van der Waals surface area contributed by atoms with E-state index in [1.807, 2.05) is 0 Å². The number of piperidine rings is 1. The van der Waals surface area contributed by atoms with Gasteiger partial charge in [-0.05, 0) is 114 Å². The lowest BCUT2D eigenvalue weighted by Crippen LogP contribution is -2.94. The van der Waals surface area contributed by atoms with E-state index in [9.17, 15) is 25.2 Å². The van der Waals surface area contributed by atoms with Crippen molar-refractivity contribution < 1.29 is 35.9 Å². The summed E-state index contributed by atoms with van der Waals surface area (Å²) in [5, 5.41) is 50.6. The lowest BCUT2D eigenvalue weighted by molar-refractivity contribution is -0.699. The minimum Gasteiger partial charge on any atom is -0.550 e. The standard InChI is InChI=1S/C43H77N3O5/c1-3-4-7-14-33-19-20-35(40(48)26-33)15-10-6-11-16-38(42(49)50)39(47)21-23-43(51)28-36(25-34-22-24-45-41(44)27-34)37(29-43)30-46-31(2)17-18-32-12-8-5-9-13-32/h17-20,31-41,45-48,51H,3-16,21-30,44H2,1-2H3,(H,49,50)/p+1. The molecule has 1 aliphatic heterocycles. The van der Waals surface area contributed by atoms with Crippen LogP contribution in [-0.2, 0) is 4.79 Å². The SMILES string of the molecule is CCCCCC1C=CC(CCCCCC(C(=O)[O-])C(O)CCC2(O)CC(C[NH2+]C(C)C=CC3CCCCC3)C(CC3CC[NH2+]C(N)C3)C2)C(O)C1. The summed E-state index contributed by atoms with van der Waals surface area (Å²) >= 11 is 0. The van der Waals surface area contributed by atoms with Crippen LogP contribution in [0, 0.1) is 41.4 Å². The molecule has 8 nitrogen and oxygen atoms in total. The van der Waals surface area contributed by atoms with Crippen molar-refractivity contribution in [3.8, 4) is 0 Å². The monoisotopic (exact) mass is 717 g/mol. The molecule has 4 aliphatic rings. The number of hydrogen-bond acceptors (Lipinski definition) is 6. The molecule has 51 heavy (non-hydrogen) atoms. The highest BCUT2D eigenvalue weighted by atomic mass is 16.4. The van der Waals surface area contributed by atoms with E-state index >= 15 is 0 Å². The average molecular weight is 717 g/mol. The fraction of sp³-hybridized carbons (Fsp3) is 0.884. The molecule has 0 aromatic heterocycles. The fourth-order valence-electron chi connectivity index (χ4n) is 10.2. The summed E-state index contributed by atoms with van der Waals surface area (Å²) in [7, 11) is 0. The molecule has 0 aromatic carbocycles. The summed E-state index contributed by atoms with van der Waals surface area (Å²) < 4.78 is 0. The lowest BCUT2D eigenvalue weighted by Gasteiger charge is -2.30. The van der Waals surface area contributed by atoms with Crippen LogP contribution in [0.3, 0.4) is 0 Å². The first-order valence-corrected chi connectivity index (χ1v) is 21.6. The van der Waals surface area contributed by atoms with Gasteiger partial charge in [-0.3, -0.25) is 5.73 Å². The Balaban J connectivity index is 1.22. The molecule has 0 spiro atoms. The molecule has 11 atom stereocenters. The maximum absolute atomic E-state index is 12.2. The molecule has 11 unspecified atom stereocenters. The Bertz CT molecular complexity index is 1050. The Morgan fingerprint density at radius 2 is 1.78 bits per heavy atom. The normalized spacial score (nSPS) is 33.8. The van der Waals surface area contributed by atoms with Crippen LogP contribution in [0.4, 0.5) is 0 Å². The molecule has 3 fully saturated rings. The van der Waals surface area contributed by atoms with Gasteiger partial charge >= 0.3 is 0 Å². The van der Waals surface area contributed by atoms with Crippen molar-refractivity contribution in [2.24, 2.45) is 47.2 Å². The largest absolute Gasteiger partial charge is 0.550 e. The zero-order chi connectivity index (χ0) is 36.6. The van der Waals surface area contributed by atoms with E-state index < -0.39 is 23.6 Å². The van der Waals surface area contributed by atoms with E-state index in [4.69, 9.17) is 5.73 Å². The number of unbranched alkanes of at least 4 members (excludes halogenated alkanes) is 4. The van der Waals surface area contributed by atoms with Crippen LogP contribution in [0.25, 0.3) is 0 Å². The van der Waals surface area contributed by atoms with Gasteiger partial charge in [0.2, 0.25) is 0 Å². The molecular weight excluding hydrogens is 638 g/mol. The van der Waals surface area contributed by atoms with Crippen molar-refractivity contribution >= 4 is 5.97 Å². The highest BCUT2D eigenvalue weighted by molar-refractivity contribution is 5.68. The first-order valence-electron chi connectivity index (χ1n) is 21.6. The van der Waals surface area contributed by atoms with Gasteiger partial charge in [0.15, 0.2) is 0 Å². The van der Waals surface area contributed by atoms with E-state index in [-0.39, 0.29) is 24.6 Å². The summed E-state index contributed by atoms with van der Waals surface area (Å²) in [6.07, 6.45) is 29.8. The molecule has 8 heteroatoms. The van der Waals surface area contributed by atoms with E-state index in [0.29, 0.717) is 55.4 Å². The van der Waals surface area contributed by atoms with Crippen LogP contribution in [0.1, 0.15) is 155 Å². The van der Waals surface area contributed by atoms with E-state index in [1.54, 1.807) is 0 Å². The number of quaternary nitrogens is 2. The molecule has 1 saturated heterocycles. The van der Waals surface area contributed by atoms with Gasteiger partial charge in [0.05, 0.1) is 30.9 Å². The number of allylic oxidation sites excluding steroid dienone is 2. The zero-order valence-electron chi connectivity index (χ0n) is 32.5. The third-order valence-electron chi connectivity index (χ3n) is 13.5. The summed E-state index contributed by atoms with van der Waals surface area (Å²) in [5.74, 6) is 0.673. The van der Waals surface area contributed by atoms with Gasteiger partial charge in [0, 0.05) is 30.1 Å². The Kier molecular flexibility index (Phi) is 18.5. The quantitative estimate of drug-likeness (QED) is 0.0732. The van der Waals surface area contributed by atoms with Gasteiger partial charge in [0.1, 0.15) is 12.2 Å². The van der Waals surface area contributed by atoms with Crippen LogP contribution >= 0.6 is 0 Å². The second-order valence-electron chi connectivity index (χ2n) is 17.9. The van der Waals surface area contributed by atoms with Crippen LogP contribution in [-0.4, -0.2) is 64.4 Å². The molecule has 1 heterocycles. The van der Waals surface area contributed by atoms with E-state index in [2.05, 4.69) is 48.8 Å². The van der Waals surface area contributed by atoms with Gasteiger partial charge < -0.3 is 35.9 Å². The predicted octanol–water partition coefficient (Wildman–Crippen LogP) is 4.07. The molecule has 0 bridgehead atoms. The highest BCUT2D eigenvalue weighted by Crippen LogP contribution is 2.45. The van der Waals surface area contributed by atoms with Crippen molar-refractivity contribution in [1.29, 1.82) is 0 Å². The number of rotatable bonds is 22. The third kappa shape index (κ3) is 14.8. The molecule has 4 rings (SSSR count). The Hall–Kier alpha value is -1.29. The van der Waals surface area contributed by atoms with Crippen molar-refractivity contribution in [3.05, 3.63) is 24.3 Å². The minimum absolute atomic E-state index is 0.166. The van der Waals surface area contributed by atoms with E-state index in [0.717, 1.165) is 70.4 Å². The summed E-state index contributed by atoms with van der Waals surface area (Å²) in [6.45, 7) is 6.54. The van der Waals surface area contributed by atoms with Crippen LogP contribution in [0.15, 0.2) is 24.3 Å². The maximum atomic E-state index is 12.2. The second kappa shape index (κ2) is 22.2. The molecule has 0 aromatic rings. The van der Waals surface area contributed by atoms with Gasteiger partial charge in [-0.25, -0.2) is 0 Å². The Labute approximate surface area is 310 Å². The molecular formula is C43H78N3O5+. The number of carbonyl (C=O) groups is 1. The Morgan fingerprint density at radius 1 is 1.02 bits per heavy atom. The number of carboxylic acids is 1. The van der Waals surface area contributed by atoms with Crippen molar-refractivity contribution in [1.82, 2.24) is 0 Å². The second-order valence-corrected chi connectivity index (χ2v) is 17.9. The number of carboxylic acid groups (broad SMARTS) is 1. The third-order valence-corrected chi connectivity index (χ3v) is 13.5. The van der Waals surface area contributed by atoms with Gasteiger partial charge in [-0.15, -0.1) is 0 Å². The number of hydrogen-bond donors (Lipinski definition) is 6. The molecule has 294 valence electrons. The van der Waals surface area contributed by atoms with Gasteiger partial charge in [-0.1, -0.05) is 82.9 Å². The van der Waals surface area contributed by atoms with Gasteiger partial charge in [-0.2, -0.15) is 0 Å². The summed E-state index contributed by atoms with van der Waals surface area (Å²) in [6, 6.07) is 0.404. The number of nitrogens with two attached hydrogens (primary N) is 3. The Morgan fingerprint density at radius 3 is 2.51 bits per heavy atom. The predicted molar refractivity (Wildman–Crippen MR) is 203 cm³/mol. The summed E-state index contributed by atoms with van der Waals surface area (Å²) in [5.41, 5.74) is 5.43. The van der Waals surface area contributed by atoms with E-state index in [1.165, 1.54) is 57.8 Å². The average Bonchev–Trinajstić information content (AvgIpc) is 3.42. The number of aliphatic hydroxyl groups excluding tert-OH is 2. The van der Waals surface area contributed by atoms with Crippen molar-refractivity contribution in [2.45, 2.75) is 185 Å². The zero-order valence-corrected chi connectivity index (χ0v) is 32.5. The summed E-state index contributed by atoms with van der Waals surface area (Å²) in [4.78, 5) is 12.2.